The molecular formula is C51H65F3N6O10. The molecule has 19 heteroatoms. The van der Waals surface area contributed by atoms with Crippen molar-refractivity contribution in [3.63, 3.8) is 0 Å². The second kappa shape index (κ2) is 25.3. The zero-order chi connectivity index (χ0) is 50.4. The number of carboxylic acid groups (broad SMARTS) is 4. The molecule has 6 rings (SSSR count). The number of nitrogens with zero attached hydrogens (tertiary/aromatic N) is 6. The van der Waals surface area contributed by atoms with E-state index < -0.39 is 41.7 Å². The number of hydrogen-bond donors (Lipinski definition) is 4. The SMILES string of the molecule is Cc1c(/C=C/c2cc(OCC3CCN(C(=O)CN4CCN(CC(=O)O)CCN(CC(=O)O)CCN(CC(=O)O)CC4)CC3)c(CN3CCCC[C@H]3C(=O)O)cc2C(F)(F)F)cccc1-c1ccccc1. The van der Waals surface area contributed by atoms with Gasteiger partial charge in [0.2, 0.25) is 5.91 Å². The van der Waals surface area contributed by atoms with Crippen LogP contribution in [0.1, 0.15) is 59.9 Å². The minimum Gasteiger partial charge on any atom is -0.493 e. The standard InChI is InChI=1S/C51H65F3N6O10/c1-36-38(10-7-11-42(36)39-8-3-2-4-9-39)13-14-40-29-45(41(28-43(40)51(52,53)54)30-60-17-6-5-12-44(60)50(68)69)70-35-37-15-18-59(19-16-37)46(61)31-55-20-22-56(32-47(62)63)24-26-58(34-49(66)67)27-25-57(23-21-55)33-48(64)65/h2-4,7-11,13-14,28-29,37,44H,5-6,12,15-27,30-35H2,1H3,(H,62,63)(H,64,65)(H,66,67)(H,68,69)/b14-13+/t44-/m0/s1. The largest absolute Gasteiger partial charge is 0.493 e. The fourth-order valence-electron chi connectivity index (χ4n) is 9.54. The second-order valence-electron chi connectivity index (χ2n) is 18.5. The van der Waals surface area contributed by atoms with Crippen LogP contribution in [0, 0.1) is 12.8 Å². The maximum atomic E-state index is 15.0. The first-order valence-corrected chi connectivity index (χ1v) is 23.9. The Morgan fingerprint density at radius 2 is 1.19 bits per heavy atom. The molecule has 16 nitrogen and oxygen atoms in total. The van der Waals surface area contributed by atoms with Crippen LogP contribution in [-0.4, -0.2) is 190 Å². The lowest BCUT2D eigenvalue weighted by Crippen LogP contribution is -2.50. The molecule has 1 amide bonds. The van der Waals surface area contributed by atoms with Gasteiger partial charge in [-0.15, -0.1) is 0 Å². The van der Waals surface area contributed by atoms with Crippen LogP contribution >= 0.6 is 0 Å². The number of alkyl halides is 3. The molecule has 380 valence electrons. The van der Waals surface area contributed by atoms with Crippen LogP contribution in [0.15, 0.2) is 60.7 Å². The molecule has 0 radical (unpaired) electrons. The fourth-order valence-corrected chi connectivity index (χ4v) is 9.54. The molecule has 0 aliphatic carbocycles. The van der Waals surface area contributed by atoms with Gasteiger partial charge >= 0.3 is 30.1 Å². The van der Waals surface area contributed by atoms with Gasteiger partial charge in [-0.2, -0.15) is 13.2 Å². The van der Waals surface area contributed by atoms with E-state index in [1.165, 1.54) is 12.1 Å². The van der Waals surface area contributed by atoms with Crippen molar-refractivity contribution >= 4 is 41.9 Å². The van der Waals surface area contributed by atoms with Gasteiger partial charge in [-0.3, -0.25) is 48.5 Å². The van der Waals surface area contributed by atoms with Crippen molar-refractivity contribution in [1.82, 2.24) is 29.4 Å². The Morgan fingerprint density at radius 1 is 0.643 bits per heavy atom. The minimum atomic E-state index is -4.73. The van der Waals surface area contributed by atoms with Crippen molar-refractivity contribution in [2.45, 2.75) is 57.8 Å². The number of amides is 1. The number of carbonyl (C=O) groups is 5. The van der Waals surface area contributed by atoms with Crippen LogP contribution in [0.5, 0.6) is 5.75 Å². The Labute approximate surface area is 406 Å². The van der Waals surface area contributed by atoms with E-state index in [9.17, 15) is 57.6 Å². The lowest BCUT2D eigenvalue weighted by molar-refractivity contribution is -0.145. The number of aliphatic carboxylic acids is 4. The van der Waals surface area contributed by atoms with Gasteiger partial charge in [-0.05, 0) is 85.0 Å². The highest BCUT2D eigenvalue weighted by atomic mass is 19.4. The summed E-state index contributed by atoms with van der Waals surface area (Å²) in [4.78, 5) is 71.5. The Morgan fingerprint density at radius 3 is 1.71 bits per heavy atom. The van der Waals surface area contributed by atoms with Gasteiger partial charge in [0.05, 0.1) is 38.3 Å². The Balaban J connectivity index is 1.16. The molecule has 0 unspecified atom stereocenters. The molecule has 3 aromatic carbocycles. The second-order valence-corrected chi connectivity index (χ2v) is 18.5. The molecule has 3 heterocycles. The summed E-state index contributed by atoms with van der Waals surface area (Å²) in [5, 5.41) is 38.7. The summed E-state index contributed by atoms with van der Waals surface area (Å²) in [6.45, 7) is 4.57. The van der Waals surface area contributed by atoms with Crippen LogP contribution in [0.3, 0.4) is 0 Å². The summed E-state index contributed by atoms with van der Waals surface area (Å²) < 4.78 is 51.3. The van der Waals surface area contributed by atoms with E-state index in [2.05, 4.69) is 0 Å². The van der Waals surface area contributed by atoms with Crippen LogP contribution in [0.4, 0.5) is 13.2 Å². The molecular weight excluding hydrogens is 914 g/mol. The molecule has 3 saturated heterocycles. The number of piperidine rings is 2. The lowest BCUT2D eigenvalue weighted by atomic mass is 9.95. The number of benzene rings is 3. The van der Waals surface area contributed by atoms with Crippen LogP contribution in [0.2, 0.25) is 0 Å². The molecule has 0 aromatic heterocycles. The van der Waals surface area contributed by atoms with Gasteiger partial charge in [-0.1, -0.05) is 67.1 Å². The zero-order valence-electron chi connectivity index (χ0n) is 39.7. The molecule has 3 aliphatic heterocycles. The number of halogens is 3. The van der Waals surface area contributed by atoms with Crippen LogP contribution in [0.25, 0.3) is 23.3 Å². The predicted octanol–water partition coefficient (Wildman–Crippen LogP) is 5.38. The quantitative estimate of drug-likeness (QED) is 0.126. The topological polar surface area (TPSA) is 195 Å². The van der Waals surface area contributed by atoms with Gasteiger partial charge in [0.1, 0.15) is 11.8 Å². The van der Waals surface area contributed by atoms with E-state index >= 15 is 0 Å². The predicted molar refractivity (Wildman–Crippen MR) is 256 cm³/mol. The van der Waals surface area contributed by atoms with Gasteiger partial charge in [0.25, 0.3) is 0 Å². The minimum absolute atomic E-state index is 0.00322. The molecule has 0 bridgehead atoms. The third-order valence-corrected chi connectivity index (χ3v) is 13.5. The summed E-state index contributed by atoms with van der Waals surface area (Å²) in [6.07, 6.45) is 1.28. The van der Waals surface area contributed by atoms with Gasteiger partial charge < -0.3 is 30.1 Å². The highest BCUT2D eigenvalue weighted by Gasteiger charge is 2.36. The zero-order valence-corrected chi connectivity index (χ0v) is 39.7. The molecule has 3 aliphatic rings. The molecule has 4 N–H and O–H groups in total. The number of carbonyl (C=O) groups excluding carboxylic acids is 1. The van der Waals surface area contributed by atoms with E-state index in [0.717, 1.165) is 28.3 Å². The highest BCUT2D eigenvalue weighted by molar-refractivity contribution is 5.79. The number of carboxylic acids is 4. The van der Waals surface area contributed by atoms with Crippen molar-refractivity contribution in [1.29, 1.82) is 0 Å². The Bertz CT molecular complexity index is 2280. The first-order chi connectivity index (χ1) is 33.4. The molecule has 0 spiro atoms. The maximum Gasteiger partial charge on any atom is 0.417 e. The van der Waals surface area contributed by atoms with E-state index in [1.54, 1.807) is 30.6 Å². The van der Waals surface area contributed by atoms with Gasteiger partial charge in [-0.25, -0.2) is 0 Å². The summed E-state index contributed by atoms with van der Waals surface area (Å²) in [5.74, 6) is -4.15. The first-order valence-electron chi connectivity index (χ1n) is 23.9. The molecule has 1 atom stereocenters. The molecule has 3 fully saturated rings. The third kappa shape index (κ3) is 15.8. The van der Waals surface area contributed by atoms with Crippen LogP contribution < -0.4 is 4.74 Å². The number of ether oxygens (including phenoxy) is 1. The number of hydrogen-bond acceptors (Lipinski definition) is 11. The van der Waals surface area contributed by atoms with Crippen molar-refractivity contribution < 1.29 is 62.3 Å². The Hall–Kier alpha value is -5.86. The van der Waals surface area contributed by atoms with Gasteiger partial charge in [0, 0.05) is 77.6 Å². The molecule has 3 aromatic rings. The summed E-state index contributed by atoms with van der Waals surface area (Å²) in [7, 11) is 0. The van der Waals surface area contributed by atoms with Crippen molar-refractivity contribution in [3.8, 4) is 16.9 Å². The summed E-state index contributed by atoms with van der Waals surface area (Å²) in [5.41, 5.74) is 2.87. The fraction of sp³-hybridized carbons (Fsp3) is 0.510. The highest BCUT2D eigenvalue weighted by Crippen LogP contribution is 2.39. The first kappa shape index (κ1) is 53.5. The average Bonchev–Trinajstić information content (AvgIpc) is 3.31. The van der Waals surface area contributed by atoms with Crippen molar-refractivity contribution in [2.75, 3.05) is 105 Å². The molecule has 0 saturated carbocycles. The van der Waals surface area contributed by atoms with E-state index in [1.807, 2.05) is 60.4 Å². The van der Waals surface area contributed by atoms with Crippen molar-refractivity contribution in [3.05, 3.63) is 88.5 Å². The number of rotatable bonds is 17. The monoisotopic (exact) mass is 978 g/mol. The van der Waals surface area contributed by atoms with E-state index in [-0.39, 0.29) is 107 Å². The van der Waals surface area contributed by atoms with E-state index in [0.29, 0.717) is 64.8 Å². The van der Waals surface area contributed by atoms with Gasteiger partial charge in [0.15, 0.2) is 0 Å². The normalized spacial score (nSPS) is 19.4. The average molecular weight is 979 g/mol. The Kier molecular flexibility index (Phi) is 19.3. The lowest BCUT2D eigenvalue weighted by Gasteiger charge is -2.35. The van der Waals surface area contributed by atoms with Crippen LogP contribution in [-0.2, 0) is 36.7 Å². The summed E-state index contributed by atoms with van der Waals surface area (Å²) >= 11 is 0. The maximum absolute atomic E-state index is 15.0. The van der Waals surface area contributed by atoms with E-state index in [4.69, 9.17) is 4.74 Å². The smallest absolute Gasteiger partial charge is 0.417 e. The molecule has 70 heavy (non-hydrogen) atoms. The number of likely N-dealkylation sites (tertiary alicyclic amines) is 2. The summed E-state index contributed by atoms with van der Waals surface area (Å²) in [6, 6.07) is 17.0. The third-order valence-electron chi connectivity index (χ3n) is 13.5. The van der Waals surface area contributed by atoms with Crippen molar-refractivity contribution in [2.24, 2.45) is 5.92 Å².